The molecule has 1 aromatic heterocycles. The largest absolute Gasteiger partial charge is 0.383 e. The van der Waals surface area contributed by atoms with E-state index < -0.39 is 0 Å². The lowest BCUT2D eigenvalue weighted by atomic mass is 10.2. The van der Waals surface area contributed by atoms with Crippen LogP contribution < -0.4 is 10.6 Å². The van der Waals surface area contributed by atoms with Gasteiger partial charge in [0.05, 0.1) is 24.7 Å². The molecule has 1 aliphatic carbocycles. The van der Waals surface area contributed by atoms with Crippen molar-refractivity contribution in [2.45, 2.75) is 32.4 Å². The first-order valence-electron chi connectivity index (χ1n) is 6.52. The molecule has 1 atom stereocenters. The van der Waals surface area contributed by atoms with Crippen LogP contribution in [0.3, 0.4) is 0 Å². The first kappa shape index (κ1) is 13.2. The zero-order chi connectivity index (χ0) is 13.0. The Morgan fingerprint density at radius 3 is 2.72 bits per heavy atom. The van der Waals surface area contributed by atoms with Crippen LogP contribution in [0.4, 0.5) is 5.82 Å². The lowest BCUT2D eigenvalue weighted by Crippen LogP contribution is -2.38. The van der Waals surface area contributed by atoms with E-state index in [9.17, 15) is 0 Å². The molecule has 0 radical (unpaired) electrons. The van der Waals surface area contributed by atoms with Crippen LogP contribution in [0.5, 0.6) is 0 Å². The SMILES string of the molecule is COCCN(c1cnc(CN)cn1)C(C)C1CC1. The first-order valence-corrected chi connectivity index (χ1v) is 6.52. The second-order valence-electron chi connectivity index (χ2n) is 4.83. The molecule has 5 heteroatoms. The molecular weight excluding hydrogens is 228 g/mol. The highest BCUT2D eigenvalue weighted by molar-refractivity contribution is 5.38. The minimum atomic E-state index is 0.434. The van der Waals surface area contributed by atoms with Crippen LogP contribution >= 0.6 is 0 Å². The van der Waals surface area contributed by atoms with Gasteiger partial charge in [0.2, 0.25) is 0 Å². The molecule has 5 nitrogen and oxygen atoms in total. The summed E-state index contributed by atoms with van der Waals surface area (Å²) in [5.41, 5.74) is 6.36. The Kier molecular flexibility index (Phi) is 4.49. The topological polar surface area (TPSA) is 64.3 Å². The van der Waals surface area contributed by atoms with Gasteiger partial charge in [-0.1, -0.05) is 0 Å². The van der Waals surface area contributed by atoms with E-state index >= 15 is 0 Å². The molecule has 1 aromatic rings. The minimum Gasteiger partial charge on any atom is -0.383 e. The molecule has 18 heavy (non-hydrogen) atoms. The number of hydrogen-bond donors (Lipinski definition) is 1. The van der Waals surface area contributed by atoms with E-state index in [1.165, 1.54) is 12.8 Å². The number of aromatic nitrogens is 2. The molecule has 0 aliphatic heterocycles. The minimum absolute atomic E-state index is 0.434. The monoisotopic (exact) mass is 250 g/mol. The predicted molar refractivity (Wildman–Crippen MR) is 71.3 cm³/mol. The molecule has 1 aliphatic rings. The summed E-state index contributed by atoms with van der Waals surface area (Å²) in [5.74, 6) is 1.71. The van der Waals surface area contributed by atoms with Gasteiger partial charge >= 0.3 is 0 Å². The molecule has 2 rings (SSSR count). The second kappa shape index (κ2) is 6.11. The quantitative estimate of drug-likeness (QED) is 0.787. The molecule has 1 heterocycles. The fourth-order valence-corrected chi connectivity index (χ4v) is 2.15. The van der Waals surface area contributed by atoms with Crippen LogP contribution in [0.25, 0.3) is 0 Å². The van der Waals surface area contributed by atoms with Gasteiger partial charge in [-0.3, -0.25) is 4.98 Å². The van der Waals surface area contributed by atoms with Crippen molar-refractivity contribution in [3.63, 3.8) is 0 Å². The molecule has 0 saturated heterocycles. The third-order valence-corrected chi connectivity index (χ3v) is 3.53. The Labute approximate surface area is 108 Å². The van der Waals surface area contributed by atoms with Gasteiger partial charge in [0, 0.05) is 26.2 Å². The molecule has 1 saturated carbocycles. The standard InChI is InChI=1S/C13H22N4O/c1-10(11-3-4-11)17(5-6-18-2)13-9-15-12(7-14)8-16-13/h8-11H,3-7,14H2,1-2H3. The van der Waals surface area contributed by atoms with Gasteiger partial charge in [-0.25, -0.2) is 4.98 Å². The van der Waals surface area contributed by atoms with Gasteiger partial charge in [0.15, 0.2) is 0 Å². The van der Waals surface area contributed by atoms with Crippen molar-refractivity contribution in [2.24, 2.45) is 11.7 Å². The molecule has 0 spiro atoms. The summed E-state index contributed by atoms with van der Waals surface area (Å²) in [4.78, 5) is 11.1. The van der Waals surface area contributed by atoms with Gasteiger partial charge < -0.3 is 15.4 Å². The fraction of sp³-hybridized carbons (Fsp3) is 0.692. The lowest BCUT2D eigenvalue weighted by Gasteiger charge is -2.30. The van der Waals surface area contributed by atoms with Crippen molar-refractivity contribution in [1.82, 2.24) is 9.97 Å². The Bertz CT molecular complexity index is 364. The number of hydrogen-bond acceptors (Lipinski definition) is 5. The van der Waals surface area contributed by atoms with E-state index in [4.69, 9.17) is 10.5 Å². The lowest BCUT2D eigenvalue weighted by molar-refractivity contribution is 0.202. The Morgan fingerprint density at radius 2 is 2.22 bits per heavy atom. The Morgan fingerprint density at radius 1 is 1.44 bits per heavy atom. The summed E-state index contributed by atoms with van der Waals surface area (Å²) in [6.45, 7) is 4.25. The van der Waals surface area contributed by atoms with Crippen molar-refractivity contribution in [3.8, 4) is 0 Å². The van der Waals surface area contributed by atoms with Gasteiger partial charge in [-0.15, -0.1) is 0 Å². The highest BCUT2D eigenvalue weighted by atomic mass is 16.5. The van der Waals surface area contributed by atoms with E-state index in [0.717, 1.165) is 24.0 Å². The van der Waals surface area contributed by atoms with Crippen molar-refractivity contribution in [3.05, 3.63) is 18.1 Å². The average molecular weight is 250 g/mol. The maximum Gasteiger partial charge on any atom is 0.147 e. The average Bonchev–Trinajstić information content (AvgIpc) is 3.24. The molecular formula is C13H22N4O. The van der Waals surface area contributed by atoms with E-state index in [0.29, 0.717) is 19.2 Å². The van der Waals surface area contributed by atoms with Crippen LogP contribution in [0.1, 0.15) is 25.5 Å². The number of nitrogens with zero attached hydrogens (tertiary/aromatic N) is 3. The van der Waals surface area contributed by atoms with Crippen LogP contribution in [0.2, 0.25) is 0 Å². The number of nitrogens with two attached hydrogens (primary N) is 1. The second-order valence-corrected chi connectivity index (χ2v) is 4.83. The zero-order valence-corrected chi connectivity index (χ0v) is 11.2. The smallest absolute Gasteiger partial charge is 0.147 e. The Hall–Kier alpha value is -1.20. The highest BCUT2D eigenvalue weighted by Crippen LogP contribution is 2.36. The molecule has 100 valence electrons. The van der Waals surface area contributed by atoms with Crippen LogP contribution in [-0.4, -0.2) is 36.3 Å². The van der Waals surface area contributed by atoms with Gasteiger partial charge in [0.25, 0.3) is 0 Å². The summed E-state index contributed by atoms with van der Waals surface area (Å²) in [5, 5.41) is 0. The van der Waals surface area contributed by atoms with Crippen molar-refractivity contribution >= 4 is 5.82 Å². The summed E-state index contributed by atoms with van der Waals surface area (Å²) in [7, 11) is 1.73. The number of ether oxygens (including phenoxy) is 1. The Balaban J connectivity index is 2.09. The van der Waals surface area contributed by atoms with Crippen molar-refractivity contribution in [1.29, 1.82) is 0 Å². The van der Waals surface area contributed by atoms with Crippen molar-refractivity contribution < 1.29 is 4.74 Å². The van der Waals surface area contributed by atoms with Crippen LogP contribution in [0, 0.1) is 5.92 Å². The molecule has 0 bridgehead atoms. The van der Waals surface area contributed by atoms with Gasteiger partial charge in [-0.05, 0) is 25.7 Å². The van der Waals surface area contributed by atoms with Crippen LogP contribution in [0.15, 0.2) is 12.4 Å². The maximum absolute atomic E-state index is 5.54. The molecule has 2 N–H and O–H groups in total. The summed E-state index contributed by atoms with van der Waals surface area (Å²) in [6.07, 6.45) is 6.21. The molecule has 0 aromatic carbocycles. The summed E-state index contributed by atoms with van der Waals surface area (Å²) < 4.78 is 5.18. The summed E-state index contributed by atoms with van der Waals surface area (Å²) in [6, 6.07) is 0.498. The van der Waals surface area contributed by atoms with E-state index in [-0.39, 0.29) is 0 Å². The van der Waals surface area contributed by atoms with Crippen LogP contribution in [-0.2, 0) is 11.3 Å². The molecule has 1 fully saturated rings. The van der Waals surface area contributed by atoms with E-state index in [2.05, 4.69) is 21.8 Å². The third kappa shape index (κ3) is 3.17. The molecule has 1 unspecified atom stereocenters. The highest BCUT2D eigenvalue weighted by Gasteiger charge is 2.32. The molecule has 0 amide bonds. The first-order chi connectivity index (χ1) is 8.76. The van der Waals surface area contributed by atoms with Gasteiger partial charge in [0.1, 0.15) is 5.82 Å². The van der Waals surface area contributed by atoms with Gasteiger partial charge in [-0.2, -0.15) is 0 Å². The predicted octanol–water partition coefficient (Wildman–Crippen LogP) is 1.19. The summed E-state index contributed by atoms with van der Waals surface area (Å²) >= 11 is 0. The third-order valence-electron chi connectivity index (χ3n) is 3.53. The van der Waals surface area contributed by atoms with E-state index in [1.807, 2.05) is 6.20 Å². The zero-order valence-electron chi connectivity index (χ0n) is 11.2. The number of methoxy groups -OCH3 is 1. The maximum atomic E-state index is 5.54. The normalized spacial score (nSPS) is 16.6. The van der Waals surface area contributed by atoms with E-state index in [1.54, 1.807) is 13.3 Å². The number of rotatable bonds is 7. The fourth-order valence-electron chi connectivity index (χ4n) is 2.15. The van der Waals surface area contributed by atoms with Crippen molar-refractivity contribution in [2.75, 3.05) is 25.2 Å². The number of anilines is 1.